The van der Waals surface area contributed by atoms with E-state index in [4.69, 9.17) is 5.73 Å². The van der Waals surface area contributed by atoms with Crippen LogP contribution in [-0.2, 0) is 0 Å². The van der Waals surface area contributed by atoms with E-state index in [1.807, 2.05) is 0 Å². The van der Waals surface area contributed by atoms with E-state index in [1.165, 1.54) is 22.0 Å². The van der Waals surface area contributed by atoms with Crippen LogP contribution in [0.4, 0.5) is 0 Å². The van der Waals surface area contributed by atoms with Crippen LogP contribution < -0.4 is 5.73 Å². The topological polar surface area (TPSA) is 38.4 Å². The third-order valence-corrected chi connectivity index (χ3v) is 2.10. The molecule has 0 atom stereocenters. The normalized spacial score (nSPS) is 12.4. The summed E-state index contributed by atoms with van der Waals surface area (Å²) >= 11 is 0. The molecule has 0 saturated heterocycles. The van der Waals surface area contributed by atoms with E-state index >= 15 is 0 Å². The predicted octanol–water partition coefficient (Wildman–Crippen LogP) is -0.420. The molecule has 3 heteroatoms. The van der Waals surface area contributed by atoms with Gasteiger partial charge in [-0.2, -0.15) is 0 Å². The molecule has 0 fully saturated rings. The Morgan fingerprint density at radius 2 is 2.33 bits per heavy atom. The first-order valence-corrected chi connectivity index (χ1v) is 4.98. The molecule has 9 heavy (non-hydrogen) atoms. The third kappa shape index (κ3) is 4.36. The SMILES string of the molecule is CCC(C[SiH3])=NCCN. The highest BCUT2D eigenvalue weighted by Crippen LogP contribution is 1.89. The summed E-state index contributed by atoms with van der Waals surface area (Å²) in [6.07, 6.45) is 1.10. The van der Waals surface area contributed by atoms with Crippen LogP contribution in [0.1, 0.15) is 13.3 Å². The van der Waals surface area contributed by atoms with Gasteiger partial charge in [-0.1, -0.05) is 6.92 Å². The molecule has 0 saturated carbocycles. The maximum Gasteiger partial charge on any atom is 0.0511 e. The smallest absolute Gasteiger partial charge is 0.0511 e. The van der Waals surface area contributed by atoms with Crippen LogP contribution in [-0.4, -0.2) is 29.0 Å². The molecule has 0 aromatic rings. The van der Waals surface area contributed by atoms with Crippen LogP contribution in [0.5, 0.6) is 0 Å². The fraction of sp³-hybridized carbons (Fsp3) is 0.833. The van der Waals surface area contributed by atoms with Crippen molar-refractivity contribution in [1.82, 2.24) is 0 Å². The lowest BCUT2D eigenvalue weighted by molar-refractivity contribution is 0.965. The van der Waals surface area contributed by atoms with Gasteiger partial charge in [-0.3, -0.25) is 4.99 Å². The van der Waals surface area contributed by atoms with Gasteiger partial charge < -0.3 is 5.73 Å². The second kappa shape index (κ2) is 5.97. The molecule has 0 bridgehead atoms. The first-order chi connectivity index (χ1) is 4.35. The van der Waals surface area contributed by atoms with Gasteiger partial charge in [-0.15, -0.1) is 0 Å². The van der Waals surface area contributed by atoms with Gasteiger partial charge in [0.25, 0.3) is 0 Å². The maximum atomic E-state index is 5.29. The minimum Gasteiger partial charge on any atom is -0.329 e. The Morgan fingerprint density at radius 3 is 2.67 bits per heavy atom. The van der Waals surface area contributed by atoms with Gasteiger partial charge >= 0.3 is 0 Å². The third-order valence-electron chi connectivity index (χ3n) is 1.28. The summed E-state index contributed by atoms with van der Waals surface area (Å²) in [5.41, 5.74) is 6.63. The molecule has 0 amide bonds. The summed E-state index contributed by atoms with van der Waals surface area (Å²) in [6.45, 7) is 3.64. The Bertz CT molecular complexity index is 85.1. The lowest BCUT2D eigenvalue weighted by atomic mass is 10.3. The number of aliphatic imine (C=N–C) groups is 1. The number of hydrogen-bond donors (Lipinski definition) is 1. The predicted molar refractivity (Wildman–Crippen MR) is 46.4 cm³/mol. The zero-order valence-corrected chi connectivity index (χ0v) is 8.35. The highest BCUT2D eigenvalue weighted by molar-refractivity contribution is 6.21. The molecule has 0 aromatic carbocycles. The molecular formula is C6H16N2Si. The van der Waals surface area contributed by atoms with Crippen LogP contribution in [0.25, 0.3) is 0 Å². The first-order valence-electron chi connectivity index (χ1n) is 3.57. The second-order valence-corrected chi connectivity index (χ2v) is 2.65. The lowest BCUT2D eigenvalue weighted by Crippen LogP contribution is -2.05. The summed E-state index contributed by atoms with van der Waals surface area (Å²) in [5.74, 6) is 0. The van der Waals surface area contributed by atoms with E-state index in [0.717, 1.165) is 13.0 Å². The molecule has 54 valence electrons. The van der Waals surface area contributed by atoms with Crippen LogP contribution in [0, 0.1) is 0 Å². The molecule has 2 nitrogen and oxygen atoms in total. The zero-order chi connectivity index (χ0) is 7.11. The van der Waals surface area contributed by atoms with E-state index in [-0.39, 0.29) is 0 Å². The molecule has 0 aromatic heterocycles. The summed E-state index contributed by atoms with van der Waals surface area (Å²) in [7, 11) is 1.23. The Morgan fingerprint density at radius 1 is 1.67 bits per heavy atom. The average molecular weight is 144 g/mol. The minimum atomic E-state index is 0.686. The second-order valence-electron chi connectivity index (χ2n) is 1.94. The number of nitrogens with zero attached hydrogens (tertiary/aromatic N) is 1. The number of nitrogens with two attached hydrogens (primary N) is 1. The Labute approximate surface area is 60.0 Å². The molecule has 0 aliphatic heterocycles. The molecule has 0 spiro atoms. The Kier molecular flexibility index (Phi) is 5.87. The summed E-state index contributed by atoms with van der Waals surface area (Å²) in [6, 6.07) is 1.20. The minimum absolute atomic E-state index is 0.686. The highest BCUT2D eigenvalue weighted by atomic mass is 28.1. The van der Waals surface area contributed by atoms with Gasteiger partial charge in [0.15, 0.2) is 0 Å². The van der Waals surface area contributed by atoms with Gasteiger partial charge in [0, 0.05) is 22.5 Å². The fourth-order valence-electron chi connectivity index (χ4n) is 0.696. The van der Waals surface area contributed by atoms with Gasteiger partial charge in [-0.05, 0) is 12.5 Å². The summed E-state index contributed by atoms with van der Waals surface area (Å²) < 4.78 is 0. The van der Waals surface area contributed by atoms with Gasteiger partial charge in [0.1, 0.15) is 0 Å². The fourth-order valence-corrected chi connectivity index (χ4v) is 1.42. The molecule has 0 rings (SSSR count). The van der Waals surface area contributed by atoms with Crippen molar-refractivity contribution in [2.75, 3.05) is 13.1 Å². The van der Waals surface area contributed by atoms with Crippen molar-refractivity contribution in [3.63, 3.8) is 0 Å². The molecule has 0 radical (unpaired) electrons. The molecular weight excluding hydrogens is 128 g/mol. The van der Waals surface area contributed by atoms with Crippen molar-refractivity contribution >= 4 is 16.0 Å². The van der Waals surface area contributed by atoms with Crippen LogP contribution in [0.15, 0.2) is 4.99 Å². The van der Waals surface area contributed by atoms with E-state index in [9.17, 15) is 0 Å². The van der Waals surface area contributed by atoms with Gasteiger partial charge in [0.2, 0.25) is 0 Å². The van der Waals surface area contributed by atoms with E-state index < -0.39 is 0 Å². The van der Waals surface area contributed by atoms with E-state index in [2.05, 4.69) is 11.9 Å². The quantitative estimate of drug-likeness (QED) is 0.422. The summed E-state index contributed by atoms with van der Waals surface area (Å²) in [4.78, 5) is 4.31. The summed E-state index contributed by atoms with van der Waals surface area (Å²) in [5, 5.41) is 0. The Balaban J connectivity index is 3.48. The number of rotatable bonds is 4. The van der Waals surface area contributed by atoms with Crippen molar-refractivity contribution in [3.05, 3.63) is 0 Å². The monoisotopic (exact) mass is 144 g/mol. The zero-order valence-electron chi connectivity index (χ0n) is 6.35. The molecule has 0 unspecified atom stereocenters. The number of hydrogen-bond acceptors (Lipinski definition) is 2. The van der Waals surface area contributed by atoms with Crippen molar-refractivity contribution in [2.24, 2.45) is 10.7 Å². The first kappa shape index (κ1) is 8.85. The molecule has 0 aliphatic rings. The highest BCUT2D eigenvalue weighted by Gasteiger charge is 1.87. The van der Waals surface area contributed by atoms with Crippen molar-refractivity contribution < 1.29 is 0 Å². The van der Waals surface area contributed by atoms with Crippen LogP contribution >= 0.6 is 0 Å². The largest absolute Gasteiger partial charge is 0.329 e. The van der Waals surface area contributed by atoms with Crippen molar-refractivity contribution in [2.45, 2.75) is 19.4 Å². The maximum absolute atomic E-state index is 5.29. The molecule has 0 aliphatic carbocycles. The van der Waals surface area contributed by atoms with E-state index in [0.29, 0.717) is 6.54 Å². The molecule has 2 N–H and O–H groups in total. The van der Waals surface area contributed by atoms with Crippen LogP contribution in [0.2, 0.25) is 6.04 Å². The molecule has 0 heterocycles. The Hall–Kier alpha value is -0.153. The van der Waals surface area contributed by atoms with Crippen molar-refractivity contribution in [3.8, 4) is 0 Å². The standard InChI is InChI=1S/C6H16N2Si/c1-2-6(5-9)8-4-3-7/h2-5,7H2,1,9H3. The average Bonchev–Trinajstić information content (AvgIpc) is 1.91. The van der Waals surface area contributed by atoms with Gasteiger partial charge in [-0.25, -0.2) is 0 Å². The van der Waals surface area contributed by atoms with Crippen molar-refractivity contribution in [1.29, 1.82) is 0 Å². The van der Waals surface area contributed by atoms with E-state index in [1.54, 1.807) is 0 Å². The van der Waals surface area contributed by atoms with Gasteiger partial charge in [0.05, 0.1) is 6.54 Å². The van der Waals surface area contributed by atoms with Crippen LogP contribution in [0.3, 0.4) is 0 Å². The lowest BCUT2D eigenvalue weighted by Gasteiger charge is -1.96.